The van der Waals surface area contributed by atoms with Gasteiger partial charge >= 0.3 is 0 Å². The Balaban J connectivity index is 1.69. The van der Waals surface area contributed by atoms with Gasteiger partial charge in [-0.25, -0.2) is 0 Å². The number of benzene rings is 2. The van der Waals surface area contributed by atoms with Crippen LogP contribution >= 0.6 is 11.6 Å². The van der Waals surface area contributed by atoms with Crippen molar-refractivity contribution in [2.75, 3.05) is 33.4 Å². The molecule has 2 amide bonds. The molecule has 4 rings (SSSR count). The molecule has 1 fully saturated rings. The van der Waals surface area contributed by atoms with Crippen LogP contribution in [0.2, 0.25) is 5.02 Å². The lowest BCUT2D eigenvalue weighted by atomic mass is 10.0. The molecule has 0 saturated carbocycles. The molecule has 0 atom stereocenters. The van der Waals surface area contributed by atoms with Crippen molar-refractivity contribution in [3.63, 3.8) is 0 Å². The number of halogens is 1. The van der Waals surface area contributed by atoms with Gasteiger partial charge in [0.15, 0.2) is 0 Å². The Morgan fingerprint density at radius 2 is 1.62 bits per heavy atom. The van der Waals surface area contributed by atoms with Crippen LogP contribution in [0.3, 0.4) is 0 Å². The van der Waals surface area contributed by atoms with Crippen LogP contribution in [0, 0.1) is 0 Å². The topological polar surface area (TPSA) is 59.1 Å². The van der Waals surface area contributed by atoms with Gasteiger partial charge in [0, 0.05) is 18.1 Å². The number of hydrogen-bond donors (Lipinski definition) is 0. The van der Waals surface area contributed by atoms with Crippen LogP contribution in [-0.2, 0) is 20.9 Å². The average molecular weight is 413 g/mol. The van der Waals surface area contributed by atoms with E-state index in [0.717, 1.165) is 11.3 Å². The zero-order valence-corrected chi connectivity index (χ0v) is 16.8. The molecule has 0 aliphatic carbocycles. The van der Waals surface area contributed by atoms with Crippen LogP contribution in [0.25, 0.3) is 5.57 Å². The van der Waals surface area contributed by atoms with Gasteiger partial charge in [-0.2, -0.15) is 0 Å². The zero-order valence-electron chi connectivity index (χ0n) is 16.1. The number of morpholine rings is 1. The highest BCUT2D eigenvalue weighted by Gasteiger charge is 2.41. The molecular formula is C22H21ClN2O4. The van der Waals surface area contributed by atoms with E-state index in [9.17, 15) is 9.59 Å². The van der Waals surface area contributed by atoms with Gasteiger partial charge in [0.2, 0.25) is 0 Å². The van der Waals surface area contributed by atoms with Crippen molar-refractivity contribution in [3.8, 4) is 5.75 Å². The van der Waals surface area contributed by atoms with Gasteiger partial charge < -0.3 is 14.4 Å². The molecule has 0 unspecified atom stereocenters. The Hall–Kier alpha value is -2.83. The lowest BCUT2D eigenvalue weighted by Crippen LogP contribution is -2.40. The fourth-order valence-electron chi connectivity index (χ4n) is 3.58. The first-order chi connectivity index (χ1) is 14.1. The Morgan fingerprint density at radius 3 is 2.24 bits per heavy atom. The summed E-state index contributed by atoms with van der Waals surface area (Å²) in [5.74, 6) is 0.147. The molecule has 0 N–H and O–H groups in total. The standard InChI is InChI=1S/C22H21ClN2O4/c1-28-18-8-2-15(3-9-18)14-25-21(26)19(16-4-6-17(23)7-5-16)20(22(25)27)24-10-12-29-13-11-24/h2-9H,10-14H2,1H3. The Kier molecular flexibility index (Phi) is 5.56. The molecule has 0 aromatic heterocycles. The van der Waals surface area contributed by atoms with E-state index < -0.39 is 0 Å². The van der Waals surface area contributed by atoms with Gasteiger partial charge in [-0.1, -0.05) is 35.9 Å². The Labute approximate surface area is 174 Å². The predicted molar refractivity (Wildman–Crippen MR) is 109 cm³/mol. The molecule has 2 aromatic rings. The molecule has 2 heterocycles. The van der Waals surface area contributed by atoms with Crippen LogP contribution in [0.4, 0.5) is 0 Å². The third-order valence-corrected chi connectivity index (χ3v) is 5.36. The first-order valence-electron chi connectivity index (χ1n) is 9.40. The number of imide groups is 1. The molecule has 0 radical (unpaired) electrons. The van der Waals surface area contributed by atoms with E-state index in [1.807, 2.05) is 29.2 Å². The maximum Gasteiger partial charge on any atom is 0.278 e. The molecule has 2 aromatic carbocycles. The molecule has 7 heteroatoms. The van der Waals surface area contributed by atoms with Crippen LogP contribution in [0.15, 0.2) is 54.2 Å². The third-order valence-electron chi connectivity index (χ3n) is 5.10. The number of ether oxygens (including phenoxy) is 2. The van der Waals surface area contributed by atoms with E-state index in [0.29, 0.717) is 48.2 Å². The van der Waals surface area contributed by atoms with E-state index in [2.05, 4.69) is 0 Å². The highest BCUT2D eigenvalue weighted by atomic mass is 35.5. The second-order valence-corrected chi connectivity index (χ2v) is 7.31. The molecule has 29 heavy (non-hydrogen) atoms. The van der Waals surface area contributed by atoms with E-state index in [1.165, 1.54) is 4.90 Å². The largest absolute Gasteiger partial charge is 0.497 e. The minimum absolute atomic E-state index is 0.201. The average Bonchev–Trinajstić information content (AvgIpc) is 3.00. The molecule has 6 nitrogen and oxygen atoms in total. The summed E-state index contributed by atoms with van der Waals surface area (Å²) in [5.41, 5.74) is 2.40. The number of carbonyl (C=O) groups is 2. The van der Waals surface area contributed by atoms with Gasteiger partial charge in [-0.05, 0) is 35.4 Å². The first kappa shape index (κ1) is 19.5. The summed E-state index contributed by atoms with van der Waals surface area (Å²) in [6, 6.07) is 14.4. The van der Waals surface area contributed by atoms with Gasteiger partial charge in [0.1, 0.15) is 11.4 Å². The quantitative estimate of drug-likeness (QED) is 0.707. The highest BCUT2D eigenvalue weighted by Crippen LogP contribution is 2.33. The van der Waals surface area contributed by atoms with Gasteiger partial charge in [0.05, 0.1) is 32.4 Å². The van der Waals surface area contributed by atoms with Crippen molar-refractivity contribution in [3.05, 3.63) is 70.4 Å². The van der Waals surface area contributed by atoms with Crippen molar-refractivity contribution < 1.29 is 19.1 Å². The summed E-state index contributed by atoms with van der Waals surface area (Å²) < 4.78 is 10.6. The van der Waals surface area contributed by atoms with Crippen LogP contribution < -0.4 is 4.74 Å². The lowest BCUT2D eigenvalue weighted by Gasteiger charge is -2.29. The van der Waals surface area contributed by atoms with Crippen molar-refractivity contribution in [1.29, 1.82) is 0 Å². The maximum atomic E-state index is 13.3. The Morgan fingerprint density at radius 1 is 0.966 bits per heavy atom. The van der Waals surface area contributed by atoms with Crippen LogP contribution in [-0.4, -0.2) is 55.0 Å². The smallest absolute Gasteiger partial charge is 0.278 e. The van der Waals surface area contributed by atoms with Gasteiger partial charge in [-0.3, -0.25) is 14.5 Å². The van der Waals surface area contributed by atoms with E-state index >= 15 is 0 Å². The number of methoxy groups -OCH3 is 1. The summed E-state index contributed by atoms with van der Waals surface area (Å²) in [6.45, 7) is 2.39. The molecule has 0 bridgehead atoms. The number of hydrogen-bond acceptors (Lipinski definition) is 5. The summed E-state index contributed by atoms with van der Waals surface area (Å²) >= 11 is 6.01. The molecular weight excluding hydrogens is 392 g/mol. The van der Waals surface area contributed by atoms with Crippen molar-refractivity contribution >= 4 is 29.0 Å². The molecule has 150 valence electrons. The van der Waals surface area contributed by atoms with Crippen molar-refractivity contribution in [2.24, 2.45) is 0 Å². The number of nitrogens with zero attached hydrogens (tertiary/aromatic N) is 2. The molecule has 0 spiro atoms. The predicted octanol–water partition coefficient (Wildman–Crippen LogP) is 2.96. The Bertz CT molecular complexity index is 948. The minimum atomic E-state index is -0.297. The zero-order chi connectivity index (χ0) is 20.4. The van der Waals surface area contributed by atoms with E-state index in [1.54, 1.807) is 31.4 Å². The van der Waals surface area contributed by atoms with Crippen LogP contribution in [0.1, 0.15) is 11.1 Å². The SMILES string of the molecule is COc1ccc(CN2C(=O)C(c3ccc(Cl)cc3)=C(N3CCOCC3)C2=O)cc1. The van der Waals surface area contributed by atoms with Gasteiger partial charge in [-0.15, -0.1) is 0 Å². The second-order valence-electron chi connectivity index (χ2n) is 6.87. The lowest BCUT2D eigenvalue weighted by molar-refractivity contribution is -0.138. The summed E-state index contributed by atoms with van der Waals surface area (Å²) in [6.07, 6.45) is 0. The second kappa shape index (κ2) is 8.27. The number of amides is 2. The monoisotopic (exact) mass is 412 g/mol. The fourth-order valence-corrected chi connectivity index (χ4v) is 3.70. The highest BCUT2D eigenvalue weighted by molar-refractivity contribution is 6.35. The molecule has 2 aliphatic rings. The van der Waals surface area contributed by atoms with E-state index in [4.69, 9.17) is 21.1 Å². The minimum Gasteiger partial charge on any atom is -0.497 e. The van der Waals surface area contributed by atoms with Crippen molar-refractivity contribution in [1.82, 2.24) is 9.80 Å². The number of rotatable bonds is 5. The summed E-state index contributed by atoms with van der Waals surface area (Å²) in [4.78, 5) is 29.9. The van der Waals surface area contributed by atoms with Crippen LogP contribution in [0.5, 0.6) is 5.75 Å². The van der Waals surface area contributed by atoms with E-state index in [-0.39, 0.29) is 18.4 Å². The maximum absolute atomic E-state index is 13.3. The molecule has 2 aliphatic heterocycles. The number of carbonyl (C=O) groups excluding carboxylic acids is 2. The molecule has 1 saturated heterocycles. The third kappa shape index (κ3) is 3.86. The van der Waals surface area contributed by atoms with Crippen molar-refractivity contribution in [2.45, 2.75) is 6.54 Å². The summed E-state index contributed by atoms with van der Waals surface area (Å²) in [5, 5.41) is 0.578. The fraction of sp³-hybridized carbons (Fsp3) is 0.273. The first-order valence-corrected chi connectivity index (χ1v) is 9.78. The summed E-state index contributed by atoms with van der Waals surface area (Å²) in [7, 11) is 1.60. The normalized spacial score (nSPS) is 17.3. The van der Waals surface area contributed by atoms with Gasteiger partial charge in [0.25, 0.3) is 11.8 Å².